The number of aliphatic imine (C=N–C) groups is 1. The molecule has 2 saturated heterocycles. The van der Waals surface area contributed by atoms with Crippen molar-refractivity contribution in [2.75, 3.05) is 7.05 Å². The molecule has 0 saturated carbocycles. The Hall–Kier alpha value is -1.14. The maximum Gasteiger partial charge on any atom is 0.191 e. The number of hydrogen-bond donors (Lipinski definition) is 2. The van der Waals surface area contributed by atoms with Crippen LogP contribution in [-0.4, -0.2) is 36.2 Å². The van der Waals surface area contributed by atoms with Gasteiger partial charge in [-0.25, -0.2) is 4.98 Å². The molecule has 2 fully saturated rings. The van der Waals surface area contributed by atoms with Gasteiger partial charge in [0, 0.05) is 24.5 Å². The Kier molecular flexibility index (Phi) is 4.98. The molecule has 3 heterocycles. The Balaban J connectivity index is 1.48. The summed E-state index contributed by atoms with van der Waals surface area (Å²) in [6.45, 7) is 5.22. The third-order valence-electron chi connectivity index (χ3n) is 4.27. The molecule has 1 aromatic rings. The van der Waals surface area contributed by atoms with Crippen molar-refractivity contribution in [2.24, 2.45) is 10.9 Å². The van der Waals surface area contributed by atoms with Crippen LogP contribution in [0.25, 0.3) is 0 Å². The second-order valence-corrected chi connectivity index (χ2v) is 7.80. The fourth-order valence-electron chi connectivity index (χ4n) is 3.20. The number of fused-ring (bicyclic) bond motifs is 2. The molecular formula is C16H26N4OS. The van der Waals surface area contributed by atoms with Crippen molar-refractivity contribution in [3.05, 3.63) is 16.1 Å². The van der Waals surface area contributed by atoms with Gasteiger partial charge in [0.1, 0.15) is 0 Å². The van der Waals surface area contributed by atoms with Crippen molar-refractivity contribution < 1.29 is 4.74 Å². The molecule has 2 bridgehead atoms. The highest BCUT2D eigenvalue weighted by Crippen LogP contribution is 2.34. The van der Waals surface area contributed by atoms with Crippen LogP contribution in [0.3, 0.4) is 0 Å². The first-order valence-electron chi connectivity index (χ1n) is 8.20. The topological polar surface area (TPSA) is 58.5 Å². The summed E-state index contributed by atoms with van der Waals surface area (Å²) >= 11 is 1.79. The molecule has 6 heteroatoms. The van der Waals surface area contributed by atoms with Gasteiger partial charge in [0.25, 0.3) is 0 Å². The molecule has 3 rings (SSSR count). The lowest BCUT2D eigenvalue weighted by Crippen LogP contribution is -2.47. The van der Waals surface area contributed by atoms with Crippen LogP contribution in [0, 0.1) is 5.92 Å². The molecule has 0 amide bonds. The minimum atomic E-state index is 0.365. The molecule has 3 atom stereocenters. The fraction of sp³-hybridized carbons (Fsp3) is 0.750. The van der Waals surface area contributed by atoms with Crippen molar-refractivity contribution in [1.29, 1.82) is 0 Å². The van der Waals surface area contributed by atoms with E-state index in [-0.39, 0.29) is 0 Å². The van der Waals surface area contributed by atoms with Gasteiger partial charge in [-0.1, -0.05) is 13.8 Å². The molecule has 0 aliphatic carbocycles. The Labute approximate surface area is 136 Å². The van der Waals surface area contributed by atoms with Gasteiger partial charge in [0.15, 0.2) is 5.96 Å². The van der Waals surface area contributed by atoms with Gasteiger partial charge in [-0.15, -0.1) is 11.3 Å². The first-order valence-corrected chi connectivity index (χ1v) is 9.02. The fourth-order valence-corrected chi connectivity index (χ4v) is 4.28. The molecule has 22 heavy (non-hydrogen) atoms. The van der Waals surface area contributed by atoms with E-state index >= 15 is 0 Å². The predicted molar refractivity (Wildman–Crippen MR) is 90.3 cm³/mol. The highest BCUT2D eigenvalue weighted by Gasteiger charge is 2.41. The van der Waals surface area contributed by atoms with Crippen LogP contribution in [0.5, 0.6) is 0 Å². The summed E-state index contributed by atoms with van der Waals surface area (Å²) in [6, 6.07) is 0.405. The molecule has 0 spiro atoms. The number of nitrogens with zero attached hydrogens (tertiary/aromatic N) is 2. The summed E-state index contributed by atoms with van der Waals surface area (Å²) in [5.41, 5.74) is 0. The van der Waals surface area contributed by atoms with Crippen molar-refractivity contribution in [3.63, 3.8) is 0 Å². The minimum Gasteiger partial charge on any atom is -0.373 e. The average molecular weight is 322 g/mol. The van der Waals surface area contributed by atoms with Gasteiger partial charge in [-0.2, -0.15) is 0 Å². The molecule has 3 unspecified atom stereocenters. The lowest BCUT2D eigenvalue weighted by atomic mass is 9.96. The minimum absolute atomic E-state index is 0.365. The highest BCUT2D eigenvalue weighted by molar-refractivity contribution is 7.11. The van der Waals surface area contributed by atoms with Crippen LogP contribution in [-0.2, 0) is 17.7 Å². The van der Waals surface area contributed by atoms with E-state index in [2.05, 4.69) is 34.5 Å². The lowest BCUT2D eigenvalue weighted by Gasteiger charge is -2.22. The van der Waals surface area contributed by atoms with E-state index in [4.69, 9.17) is 4.74 Å². The predicted octanol–water partition coefficient (Wildman–Crippen LogP) is 2.33. The van der Waals surface area contributed by atoms with Gasteiger partial charge >= 0.3 is 0 Å². The van der Waals surface area contributed by atoms with Gasteiger partial charge in [-0.05, 0) is 25.2 Å². The summed E-state index contributed by atoms with van der Waals surface area (Å²) in [4.78, 5) is 10.1. The summed E-state index contributed by atoms with van der Waals surface area (Å²) in [5, 5.41) is 8.12. The molecule has 5 nitrogen and oxygen atoms in total. The van der Waals surface area contributed by atoms with Crippen LogP contribution in [0.15, 0.2) is 11.2 Å². The number of hydrogen-bond acceptors (Lipinski definition) is 4. The summed E-state index contributed by atoms with van der Waals surface area (Å²) < 4.78 is 5.88. The number of guanidine groups is 1. The number of thiazole rings is 1. The van der Waals surface area contributed by atoms with Crippen molar-refractivity contribution in [1.82, 2.24) is 15.6 Å². The van der Waals surface area contributed by atoms with Gasteiger partial charge in [0.05, 0.1) is 29.8 Å². The first kappa shape index (κ1) is 15.7. The SMILES string of the molecule is CN=C(NCc1cnc(CC(C)C)s1)NC1CC2CCC1O2. The largest absolute Gasteiger partial charge is 0.373 e. The second kappa shape index (κ2) is 6.96. The number of aromatic nitrogens is 1. The Morgan fingerprint density at radius 3 is 3.00 bits per heavy atom. The number of rotatable bonds is 5. The monoisotopic (exact) mass is 322 g/mol. The standard InChI is InChI=1S/C16H26N4OS/c1-10(2)6-15-18-8-12(22-15)9-19-16(17-3)20-13-7-11-4-5-14(13)21-11/h8,10-11,13-14H,4-7,9H2,1-3H3,(H2,17,19,20). The average Bonchev–Trinajstić information content (AvgIpc) is 3.19. The zero-order valence-electron chi connectivity index (χ0n) is 13.6. The van der Waals surface area contributed by atoms with E-state index < -0.39 is 0 Å². The van der Waals surface area contributed by atoms with Crippen LogP contribution >= 0.6 is 11.3 Å². The van der Waals surface area contributed by atoms with E-state index in [1.807, 2.05) is 13.2 Å². The zero-order chi connectivity index (χ0) is 15.5. The van der Waals surface area contributed by atoms with E-state index in [9.17, 15) is 0 Å². The van der Waals surface area contributed by atoms with Crippen LogP contribution in [0.2, 0.25) is 0 Å². The highest BCUT2D eigenvalue weighted by atomic mass is 32.1. The summed E-state index contributed by atoms with van der Waals surface area (Å²) in [7, 11) is 1.82. The molecule has 122 valence electrons. The quantitative estimate of drug-likeness (QED) is 0.645. The van der Waals surface area contributed by atoms with Crippen LogP contribution < -0.4 is 10.6 Å². The van der Waals surface area contributed by atoms with E-state index in [1.165, 1.54) is 22.7 Å². The molecule has 2 N–H and O–H groups in total. The van der Waals surface area contributed by atoms with Crippen molar-refractivity contribution in [3.8, 4) is 0 Å². The number of ether oxygens (including phenoxy) is 1. The smallest absolute Gasteiger partial charge is 0.191 e. The van der Waals surface area contributed by atoms with Gasteiger partial charge in [-0.3, -0.25) is 4.99 Å². The molecule has 0 aromatic carbocycles. The van der Waals surface area contributed by atoms with Crippen molar-refractivity contribution in [2.45, 2.75) is 64.3 Å². The maximum atomic E-state index is 5.88. The zero-order valence-corrected chi connectivity index (χ0v) is 14.4. The Bertz CT molecular complexity index is 528. The van der Waals surface area contributed by atoms with Crippen LogP contribution in [0.4, 0.5) is 0 Å². The lowest BCUT2D eigenvalue weighted by molar-refractivity contribution is 0.0992. The van der Waals surface area contributed by atoms with Gasteiger partial charge < -0.3 is 15.4 Å². The maximum absolute atomic E-state index is 5.88. The summed E-state index contributed by atoms with van der Waals surface area (Å²) in [6.07, 6.45) is 7.35. The van der Waals surface area contributed by atoms with Crippen LogP contribution in [0.1, 0.15) is 43.0 Å². The second-order valence-electron chi connectivity index (χ2n) is 6.60. The normalized spacial score (nSPS) is 27.6. The van der Waals surface area contributed by atoms with E-state index in [0.717, 1.165) is 25.3 Å². The first-order chi connectivity index (χ1) is 10.6. The third kappa shape index (κ3) is 3.79. The van der Waals surface area contributed by atoms with E-state index in [1.54, 1.807) is 11.3 Å². The summed E-state index contributed by atoms with van der Waals surface area (Å²) in [5.74, 6) is 1.51. The third-order valence-corrected chi connectivity index (χ3v) is 5.29. The molecule has 1 aromatic heterocycles. The molecular weight excluding hydrogens is 296 g/mol. The molecule has 2 aliphatic heterocycles. The Morgan fingerprint density at radius 1 is 1.50 bits per heavy atom. The Morgan fingerprint density at radius 2 is 2.36 bits per heavy atom. The molecule has 0 radical (unpaired) electrons. The molecule has 2 aliphatic rings. The van der Waals surface area contributed by atoms with Gasteiger partial charge in [0.2, 0.25) is 0 Å². The van der Waals surface area contributed by atoms with Crippen molar-refractivity contribution >= 4 is 17.3 Å². The van der Waals surface area contributed by atoms with E-state index in [0.29, 0.717) is 24.2 Å². The number of nitrogens with one attached hydrogen (secondary N) is 2.